The summed E-state index contributed by atoms with van der Waals surface area (Å²) >= 11 is 0. The van der Waals surface area contributed by atoms with Crippen LogP contribution in [0.4, 0.5) is 0 Å². The van der Waals surface area contributed by atoms with Crippen LogP contribution < -0.4 is 4.74 Å². The minimum atomic E-state index is -0.529. The van der Waals surface area contributed by atoms with Crippen LogP contribution in [0.1, 0.15) is 37.9 Å². The monoisotopic (exact) mass is 391 g/mol. The Balaban J connectivity index is 2.10. The molecule has 0 N–H and O–H groups in total. The molecule has 1 amide bonds. The number of carbonyl (C=O) groups excluding carboxylic acids is 2. The summed E-state index contributed by atoms with van der Waals surface area (Å²) in [4.78, 5) is 27.6. The maximum Gasteiger partial charge on any atom is 0.340 e. The summed E-state index contributed by atoms with van der Waals surface area (Å²) in [6, 6.07) is 16.9. The summed E-state index contributed by atoms with van der Waals surface area (Å²) in [5, 5.41) is 0. The Kier molecular flexibility index (Phi) is 6.17. The number of allylic oxidation sites excluding steroid dienone is 1. The molecule has 0 aliphatic carbocycles. The second-order valence-corrected chi connectivity index (χ2v) is 6.74. The lowest BCUT2D eigenvalue weighted by Crippen LogP contribution is -2.28. The van der Waals surface area contributed by atoms with E-state index in [0.29, 0.717) is 23.6 Å². The van der Waals surface area contributed by atoms with Gasteiger partial charge in [0, 0.05) is 11.3 Å². The number of amides is 1. The summed E-state index contributed by atoms with van der Waals surface area (Å²) in [6.07, 6.45) is 1.71. The van der Waals surface area contributed by atoms with E-state index in [1.165, 1.54) is 7.11 Å². The number of rotatable bonds is 6. The molecular weight excluding hydrogens is 366 g/mol. The Morgan fingerprint density at radius 2 is 1.76 bits per heavy atom. The molecule has 2 aromatic carbocycles. The summed E-state index contributed by atoms with van der Waals surface area (Å²) < 4.78 is 10.7. The number of hydrogen-bond donors (Lipinski definition) is 0. The zero-order chi connectivity index (χ0) is 21.0. The second-order valence-electron chi connectivity index (χ2n) is 6.74. The molecule has 0 aromatic heterocycles. The van der Waals surface area contributed by atoms with Gasteiger partial charge in [-0.2, -0.15) is 0 Å². The van der Waals surface area contributed by atoms with Crippen LogP contribution in [0, 0.1) is 0 Å². The fraction of sp³-hybridized carbons (Fsp3) is 0.250. The molecule has 5 nitrogen and oxygen atoms in total. The topological polar surface area (TPSA) is 55.8 Å². The molecule has 0 bridgehead atoms. The number of ether oxygens (including phenoxy) is 2. The predicted molar refractivity (Wildman–Crippen MR) is 112 cm³/mol. The first-order valence-electron chi connectivity index (χ1n) is 9.61. The Morgan fingerprint density at radius 1 is 1.10 bits per heavy atom. The summed E-state index contributed by atoms with van der Waals surface area (Å²) in [5.74, 6) is -0.101. The maximum absolute atomic E-state index is 13.4. The lowest BCUT2D eigenvalue weighted by molar-refractivity contribution is -0.136. The minimum absolute atomic E-state index is 0.226. The quantitative estimate of drug-likeness (QED) is 0.537. The van der Waals surface area contributed by atoms with Gasteiger partial charge in [0.25, 0.3) is 5.91 Å². The summed E-state index contributed by atoms with van der Waals surface area (Å²) in [7, 11) is 1.32. The number of hydrogen-bond acceptors (Lipinski definition) is 4. The van der Waals surface area contributed by atoms with E-state index in [1.54, 1.807) is 17.9 Å². The standard InChI is InChI=1S/C24H25NO4/c1-5-29-21-14-10-9-13-19(21)15-20-22(24(27)28-4)17(3)25(23(20)26)16(2)18-11-7-6-8-12-18/h6-16H,5H2,1-4H3/b20-15-/t16-/m1/s1. The number of methoxy groups -OCH3 is 1. The Hall–Kier alpha value is -3.34. The molecule has 29 heavy (non-hydrogen) atoms. The molecule has 2 aromatic rings. The second kappa shape index (κ2) is 8.78. The minimum Gasteiger partial charge on any atom is -0.493 e. The van der Waals surface area contributed by atoms with Gasteiger partial charge in [0.1, 0.15) is 5.75 Å². The average Bonchev–Trinajstić information content (AvgIpc) is 2.98. The van der Waals surface area contributed by atoms with Crippen molar-refractivity contribution >= 4 is 18.0 Å². The summed E-state index contributed by atoms with van der Waals surface area (Å²) in [5.41, 5.74) is 2.90. The van der Waals surface area contributed by atoms with Gasteiger partial charge in [-0.1, -0.05) is 48.5 Å². The zero-order valence-electron chi connectivity index (χ0n) is 17.1. The van der Waals surface area contributed by atoms with Crippen LogP contribution in [0.25, 0.3) is 6.08 Å². The van der Waals surface area contributed by atoms with Crippen LogP contribution in [0.15, 0.2) is 71.4 Å². The maximum atomic E-state index is 13.4. The fourth-order valence-corrected chi connectivity index (χ4v) is 3.59. The van der Waals surface area contributed by atoms with Gasteiger partial charge in [-0.3, -0.25) is 4.79 Å². The van der Waals surface area contributed by atoms with E-state index in [9.17, 15) is 9.59 Å². The first-order valence-corrected chi connectivity index (χ1v) is 9.61. The lowest BCUT2D eigenvalue weighted by atomic mass is 10.0. The molecule has 1 atom stereocenters. The SMILES string of the molecule is CCOc1ccccc1/C=C1\C(=O)N([C@H](C)c2ccccc2)C(C)=C1C(=O)OC. The van der Waals surface area contributed by atoms with Crippen molar-refractivity contribution in [3.05, 3.63) is 82.6 Å². The van der Waals surface area contributed by atoms with Gasteiger partial charge in [0.05, 0.1) is 30.9 Å². The van der Waals surface area contributed by atoms with Crippen LogP contribution in [0.5, 0.6) is 5.75 Å². The van der Waals surface area contributed by atoms with Gasteiger partial charge in [-0.05, 0) is 38.5 Å². The fourth-order valence-electron chi connectivity index (χ4n) is 3.59. The third-order valence-electron chi connectivity index (χ3n) is 5.02. The van der Waals surface area contributed by atoms with Crippen molar-refractivity contribution < 1.29 is 19.1 Å². The van der Waals surface area contributed by atoms with Gasteiger partial charge in [0.15, 0.2) is 0 Å². The van der Waals surface area contributed by atoms with Crippen molar-refractivity contribution in [1.82, 2.24) is 4.90 Å². The highest BCUT2D eigenvalue weighted by Gasteiger charge is 2.39. The van der Waals surface area contributed by atoms with Crippen LogP contribution in [0.3, 0.4) is 0 Å². The summed E-state index contributed by atoms with van der Waals surface area (Å²) in [6.45, 7) is 6.13. The average molecular weight is 391 g/mol. The van der Waals surface area contributed by atoms with E-state index in [1.807, 2.05) is 68.4 Å². The van der Waals surface area contributed by atoms with E-state index in [2.05, 4.69) is 0 Å². The van der Waals surface area contributed by atoms with Crippen molar-refractivity contribution in [3.8, 4) is 5.75 Å². The van der Waals surface area contributed by atoms with Crippen molar-refractivity contribution in [1.29, 1.82) is 0 Å². The number of nitrogens with zero attached hydrogens (tertiary/aromatic N) is 1. The molecular formula is C24H25NO4. The third kappa shape index (κ3) is 3.94. The van der Waals surface area contributed by atoms with E-state index in [-0.39, 0.29) is 17.5 Å². The molecule has 1 aliphatic heterocycles. The molecule has 5 heteroatoms. The van der Waals surface area contributed by atoms with E-state index < -0.39 is 5.97 Å². The van der Waals surface area contributed by atoms with E-state index in [0.717, 1.165) is 11.1 Å². The van der Waals surface area contributed by atoms with Crippen molar-refractivity contribution in [3.63, 3.8) is 0 Å². The molecule has 3 rings (SSSR count). The molecule has 0 saturated carbocycles. The van der Waals surface area contributed by atoms with Crippen molar-refractivity contribution in [2.45, 2.75) is 26.8 Å². The van der Waals surface area contributed by atoms with Crippen LogP contribution in [-0.4, -0.2) is 30.5 Å². The molecule has 0 unspecified atom stereocenters. The Morgan fingerprint density at radius 3 is 2.41 bits per heavy atom. The molecule has 0 saturated heterocycles. The predicted octanol–water partition coefficient (Wildman–Crippen LogP) is 4.52. The van der Waals surface area contributed by atoms with Crippen LogP contribution in [-0.2, 0) is 14.3 Å². The highest BCUT2D eigenvalue weighted by molar-refractivity contribution is 6.16. The normalized spacial score (nSPS) is 16.3. The largest absolute Gasteiger partial charge is 0.493 e. The first kappa shape index (κ1) is 20.4. The molecule has 1 heterocycles. The highest BCUT2D eigenvalue weighted by Crippen LogP contribution is 2.38. The lowest BCUT2D eigenvalue weighted by Gasteiger charge is -2.26. The van der Waals surface area contributed by atoms with Gasteiger partial charge >= 0.3 is 5.97 Å². The molecule has 0 fully saturated rings. The van der Waals surface area contributed by atoms with Gasteiger partial charge in [0.2, 0.25) is 0 Å². The number of benzene rings is 2. The number of carbonyl (C=O) groups is 2. The zero-order valence-corrected chi connectivity index (χ0v) is 17.1. The molecule has 150 valence electrons. The van der Waals surface area contributed by atoms with E-state index in [4.69, 9.17) is 9.47 Å². The number of esters is 1. The Bertz CT molecular complexity index is 975. The van der Waals surface area contributed by atoms with Crippen LogP contribution >= 0.6 is 0 Å². The van der Waals surface area contributed by atoms with Crippen LogP contribution in [0.2, 0.25) is 0 Å². The van der Waals surface area contributed by atoms with Crippen molar-refractivity contribution in [2.75, 3.05) is 13.7 Å². The smallest absolute Gasteiger partial charge is 0.340 e. The number of para-hydroxylation sites is 1. The molecule has 0 spiro atoms. The Labute approximate surface area is 171 Å². The van der Waals surface area contributed by atoms with Crippen molar-refractivity contribution in [2.24, 2.45) is 0 Å². The third-order valence-corrected chi connectivity index (χ3v) is 5.02. The van der Waals surface area contributed by atoms with E-state index >= 15 is 0 Å². The van der Waals surface area contributed by atoms with Gasteiger partial charge < -0.3 is 14.4 Å². The first-order chi connectivity index (χ1) is 14.0. The molecule has 0 radical (unpaired) electrons. The van der Waals surface area contributed by atoms with Gasteiger partial charge in [-0.15, -0.1) is 0 Å². The van der Waals surface area contributed by atoms with Gasteiger partial charge in [-0.25, -0.2) is 4.79 Å². The highest BCUT2D eigenvalue weighted by atomic mass is 16.5. The molecule has 1 aliphatic rings.